The van der Waals surface area contributed by atoms with Crippen LogP contribution in [0.5, 0.6) is 0 Å². The van der Waals surface area contributed by atoms with Crippen molar-refractivity contribution < 1.29 is 19.1 Å². The third-order valence-electron chi connectivity index (χ3n) is 3.34. The van der Waals surface area contributed by atoms with E-state index in [0.29, 0.717) is 6.42 Å². The van der Waals surface area contributed by atoms with E-state index in [4.69, 9.17) is 4.74 Å². The quantitative estimate of drug-likeness (QED) is 0.602. The van der Waals surface area contributed by atoms with Gasteiger partial charge in [0.25, 0.3) is 5.91 Å². The highest BCUT2D eigenvalue weighted by atomic mass is 16.6. The maximum absolute atomic E-state index is 12.3. The van der Waals surface area contributed by atoms with Gasteiger partial charge in [0.05, 0.1) is 6.42 Å². The predicted octanol–water partition coefficient (Wildman–Crippen LogP) is 2.22. The molecule has 0 spiro atoms. The number of imide groups is 1. The second-order valence-electron chi connectivity index (χ2n) is 6.66. The average Bonchev–Trinajstić information content (AvgIpc) is 2.54. The maximum Gasteiger partial charge on any atom is 0.325 e. The minimum atomic E-state index is -0.846. The molecule has 0 bridgehead atoms. The normalized spacial score (nSPS) is 22.4. The molecule has 1 aliphatic rings. The zero-order chi connectivity index (χ0) is 16.3. The third kappa shape index (κ3) is 4.72. The Bertz CT molecular complexity index is 428. The minimum absolute atomic E-state index is 0.0142. The number of unbranched alkanes of at least 4 members (excludes halogenated alkanes) is 1. The molecule has 0 aromatic rings. The van der Waals surface area contributed by atoms with E-state index < -0.39 is 23.1 Å². The van der Waals surface area contributed by atoms with Crippen LogP contribution in [0.1, 0.15) is 60.3 Å². The van der Waals surface area contributed by atoms with Crippen LogP contribution in [0, 0.1) is 0 Å². The van der Waals surface area contributed by atoms with Crippen molar-refractivity contribution >= 4 is 17.9 Å². The van der Waals surface area contributed by atoms with E-state index in [2.05, 4.69) is 5.32 Å². The molecule has 0 radical (unpaired) electrons. The Morgan fingerprint density at radius 1 is 1.33 bits per heavy atom. The second-order valence-corrected chi connectivity index (χ2v) is 6.66. The molecule has 1 unspecified atom stereocenters. The van der Waals surface area contributed by atoms with Crippen LogP contribution >= 0.6 is 0 Å². The summed E-state index contributed by atoms with van der Waals surface area (Å²) in [6.07, 6.45) is 2.44. The number of hydrogen-bond acceptors (Lipinski definition) is 4. The van der Waals surface area contributed by atoms with Crippen molar-refractivity contribution in [2.24, 2.45) is 0 Å². The Morgan fingerprint density at radius 3 is 2.48 bits per heavy atom. The number of carbonyl (C=O) groups excluding carboxylic acids is 3. The molecule has 6 heteroatoms. The van der Waals surface area contributed by atoms with E-state index in [1.807, 2.05) is 6.92 Å². The predicted molar refractivity (Wildman–Crippen MR) is 78.6 cm³/mol. The summed E-state index contributed by atoms with van der Waals surface area (Å²) in [5, 5.41) is 2.72. The van der Waals surface area contributed by atoms with E-state index in [9.17, 15) is 14.4 Å². The van der Waals surface area contributed by atoms with Crippen LogP contribution in [0.2, 0.25) is 0 Å². The van der Waals surface area contributed by atoms with Crippen LogP contribution in [0.3, 0.4) is 0 Å². The van der Waals surface area contributed by atoms with Crippen LogP contribution in [0.15, 0.2) is 0 Å². The van der Waals surface area contributed by atoms with Gasteiger partial charge >= 0.3 is 12.0 Å². The molecule has 0 aromatic carbocycles. The highest BCUT2D eigenvalue weighted by Crippen LogP contribution is 2.23. The molecule has 1 aliphatic heterocycles. The van der Waals surface area contributed by atoms with Crippen molar-refractivity contribution in [3.8, 4) is 0 Å². The molecule has 0 aliphatic carbocycles. The van der Waals surface area contributed by atoms with Crippen molar-refractivity contribution in [3.05, 3.63) is 0 Å². The number of hydrogen-bond donors (Lipinski definition) is 1. The lowest BCUT2D eigenvalue weighted by Gasteiger charge is -2.22. The summed E-state index contributed by atoms with van der Waals surface area (Å²) in [4.78, 5) is 37.0. The fraction of sp³-hybridized carbons (Fsp3) is 0.800. The first kappa shape index (κ1) is 17.5. The van der Waals surface area contributed by atoms with Crippen LogP contribution in [-0.2, 0) is 14.3 Å². The molecule has 1 N–H and O–H groups in total. The monoisotopic (exact) mass is 298 g/mol. The lowest BCUT2D eigenvalue weighted by Crippen LogP contribution is -2.44. The number of esters is 1. The van der Waals surface area contributed by atoms with Gasteiger partial charge in [-0.1, -0.05) is 19.8 Å². The van der Waals surface area contributed by atoms with Gasteiger partial charge in [-0.15, -0.1) is 0 Å². The number of urea groups is 1. The highest BCUT2D eigenvalue weighted by molar-refractivity contribution is 6.06. The van der Waals surface area contributed by atoms with Gasteiger partial charge < -0.3 is 10.1 Å². The topological polar surface area (TPSA) is 75.7 Å². The van der Waals surface area contributed by atoms with Gasteiger partial charge in [-0.3, -0.25) is 14.5 Å². The van der Waals surface area contributed by atoms with Crippen molar-refractivity contribution in [1.29, 1.82) is 0 Å². The molecular formula is C15H26N2O4. The smallest absolute Gasteiger partial charge is 0.325 e. The van der Waals surface area contributed by atoms with Crippen molar-refractivity contribution in [3.63, 3.8) is 0 Å². The van der Waals surface area contributed by atoms with Gasteiger partial charge in [-0.25, -0.2) is 4.79 Å². The first-order valence-electron chi connectivity index (χ1n) is 7.45. The first-order valence-corrected chi connectivity index (χ1v) is 7.45. The number of rotatable bonds is 6. The second kappa shape index (κ2) is 6.45. The van der Waals surface area contributed by atoms with Crippen LogP contribution < -0.4 is 5.32 Å². The van der Waals surface area contributed by atoms with Gasteiger partial charge in [0, 0.05) is 6.54 Å². The zero-order valence-electron chi connectivity index (χ0n) is 13.6. The molecule has 1 fully saturated rings. The first-order chi connectivity index (χ1) is 9.59. The molecule has 1 heterocycles. The average molecular weight is 298 g/mol. The summed E-state index contributed by atoms with van der Waals surface area (Å²) in [5.41, 5.74) is -1.41. The molecular weight excluding hydrogens is 272 g/mol. The Labute approximate surface area is 126 Å². The van der Waals surface area contributed by atoms with E-state index in [-0.39, 0.29) is 18.9 Å². The van der Waals surface area contributed by atoms with Crippen molar-refractivity contribution in [1.82, 2.24) is 10.2 Å². The Morgan fingerprint density at radius 2 is 1.95 bits per heavy atom. The molecule has 120 valence electrons. The minimum Gasteiger partial charge on any atom is -0.460 e. The molecule has 3 amide bonds. The van der Waals surface area contributed by atoms with E-state index in [1.165, 1.54) is 0 Å². The lowest BCUT2D eigenvalue weighted by atomic mass is 9.95. The summed E-state index contributed by atoms with van der Waals surface area (Å²) in [5.74, 6) is -0.672. The molecule has 1 atom stereocenters. The van der Waals surface area contributed by atoms with Gasteiger partial charge in [0.2, 0.25) is 0 Å². The van der Waals surface area contributed by atoms with Crippen LogP contribution in [0.4, 0.5) is 4.79 Å². The van der Waals surface area contributed by atoms with Gasteiger partial charge in [0.1, 0.15) is 11.1 Å². The van der Waals surface area contributed by atoms with Crippen molar-refractivity contribution in [2.45, 2.75) is 71.4 Å². The number of ether oxygens (including phenoxy) is 1. The van der Waals surface area contributed by atoms with Gasteiger partial charge in [0.15, 0.2) is 0 Å². The summed E-state index contributed by atoms with van der Waals surface area (Å²) in [6.45, 7) is 9.16. The summed E-state index contributed by atoms with van der Waals surface area (Å²) in [7, 11) is 0. The largest absolute Gasteiger partial charge is 0.460 e. The number of amides is 3. The highest BCUT2D eigenvalue weighted by Gasteiger charge is 2.47. The summed E-state index contributed by atoms with van der Waals surface area (Å²) in [6, 6.07) is -0.429. The lowest BCUT2D eigenvalue weighted by molar-refractivity contribution is -0.155. The number of nitrogens with zero attached hydrogens (tertiary/aromatic N) is 1. The van der Waals surface area contributed by atoms with E-state index >= 15 is 0 Å². The molecule has 1 saturated heterocycles. The third-order valence-corrected chi connectivity index (χ3v) is 3.34. The molecule has 0 saturated carbocycles. The standard InChI is InChI=1S/C15H26N2O4/c1-6-7-9-15(5)12(19)17(13(20)16-15)10-8-11(18)21-14(2,3)4/h6-10H2,1-5H3,(H,16,20). The summed E-state index contributed by atoms with van der Waals surface area (Å²) < 4.78 is 5.18. The maximum atomic E-state index is 12.3. The molecule has 6 nitrogen and oxygen atoms in total. The zero-order valence-corrected chi connectivity index (χ0v) is 13.6. The van der Waals surface area contributed by atoms with Gasteiger partial charge in [-0.05, 0) is 34.1 Å². The van der Waals surface area contributed by atoms with E-state index in [1.54, 1.807) is 27.7 Å². The van der Waals surface area contributed by atoms with Gasteiger partial charge in [-0.2, -0.15) is 0 Å². The summed E-state index contributed by atoms with van der Waals surface area (Å²) >= 11 is 0. The SMILES string of the molecule is CCCCC1(C)NC(=O)N(CCC(=O)OC(C)(C)C)C1=O. The fourth-order valence-corrected chi connectivity index (χ4v) is 2.25. The fourth-order valence-electron chi connectivity index (χ4n) is 2.25. The van der Waals surface area contributed by atoms with Crippen molar-refractivity contribution in [2.75, 3.05) is 6.54 Å². The molecule has 21 heavy (non-hydrogen) atoms. The van der Waals surface area contributed by atoms with E-state index in [0.717, 1.165) is 17.7 Å². The Balaban J connectivity index is 2.58. The Hall–Kier alpha value is -1.59. The number of nitrogens with one attached hydrogen (secondary N) is 1. The van der Waals surface area contributed by atoms with Crippen LogP contribution in [-0.4, -0.2) is 40.5 Å². The van der Waals surface area contributed by atoms with Crippen LogP contribution in [0.25, 0.3) is 0 Å². The number of carbonyl (C=O) groups is 3. The molecule has 1 rings (SSSR count). The Kier molecular flexibility index (Phi) is 5.36. The molecule has 0 aromatic heterocycles.